The molecule has 1 N–H and O–H groups in total. The number of furan rings is 1. The van der Waals surface area contributed by atoms with Crippen LogP contribution in [0, 0.1) is 0 Å². The minimum atomic E-state index is 0.0320. The molecule has 1 aromatic carbocycles. The molecule has 0 saturated carbocycles. The van der Waals surface area contributed by atoms with Gasteiger partial charge in [-0.25, -0.2) is 0 Å². The third-order valence-electron chi connectivity index (χ3n) is 2.92. The Kier molecular flexibility index (Phi) is 3.89. The molecule has 96 valence electrons. The van der Waals surface area contributed by atoms with Crippen LogP contribution in [0.25, 0.3) is 0 Å². The fourth-order valence-electron chi connectivity index (χ4n) is 2.00. The molecule has 0 fully saturated rings. The minimum absolute atomic E-state index is 0.0320. The van der Waals surface area contributed by atoms with E-state index in [0.29, 0.717) is 0 Å². The summed E-state index contributed by atoms with van der Waals surface area (Å²) in [6.45, 7) is 0. The summed E-state index contributed by atoms with van der Waals surface area (Å²) in [6, 6.07) is 7.75. The van der Waals surface area contributed by atoms with Gasteiger partial charge < -0.3 is 19.2 Å². The van der Waals surface area contributed by atoms with Crippen LogP contribution in [0.2, 0.25) is 0 Å². The second-order valence-electron chi connectivity index (χ2n) is 3.89. The molecule has 0 bridgehead atoms. The molecule has 0 radical (unpaired) electrons. The molecule has 0 aliphatic rings. The molecular formula is C14H17NO3. The van der Waals surface area contributed by atoms with E-state index in [1.807, 2.05) is 31.3 Å². The van der Waals surface area contributed by atoms with E-state index in [1.54, 1.807) is 26.7 Å². The van der Waals surface area contributed by atoms with Gasteiger partial charge in [0, 0.05) is 17.2 Å². The van der Waals surface area contributed by atoms with Crippen LogP contribution in [0.4, 0.5) is 0 Å². The average Bonchev–Trinajstić information content (AvgIpc) is 2.94. The first-order valence-electron chi connectivity index (χ1n) is 5.71. The van der Waals surface area contributed by atoms with Crippen molar-refractivity contribution in [2.45, 2.75) is 6.04 Å². The van der Waals surface area contributed by atoms with Crippen molar-refractivity contribution in [2.24, 2.45) is 0 Å². The third-order valence-corrected chi connectivity index (χ3v) is 2.92. The van der Waals surface area contributed by atoms with Gasteiger partial charge in [0.05, 0.1) is 32.8 Å². The molecule has 1 aromatic heterocycles. The Labute approximate surface area is 107 Å². The molecule has 0 aliphatic carbocycles. The summed E-state index contributed by atoms with van der Waals surface area (Å²) in [5.41, 5.74) is 2.10. The second-order valence-corrected chi connectivity index (χ2v) is 3.89. The maximum absolute atomic E-state index is 5.42. The largest absolute Gasteiger partial charge is 0.497 e. The predicted octanol–water partition coefficient (Wildman–Crippen LogP) is 2.61. The number of ether oxygens (including phenoxy) is 2. The Morgan fingerprint density at radius 3 is 2.56 bits per heavy atom. The summed E-state index contributed by atoms with van der Waals surface area (Å²) in [5, 5.41) is 3.25. The van der Waals surface area contributed by atoms with Gasteiger partial charge in [0.2, 0.25) is 0 Å². The fraction of sp³-hybridized carbons (Fsp3) is 0.286. The van der Waals surface area contributed by atoms with Gasteiger partial charge in [0.15, 0.2) is 0 Å². The number of rotatable bonds is 5. The lowest BCUT2D eigenvalue weighted by molar-refractivity contribution is 0.388. The Morgan fingerprint density at radius 2 is 2.00 bits per heavy atom. The van der Waals surface area contributed by atoms with Gasteiger partial charge in [-0.3, -0.25) is 0 Å². The van der Waals surface area contributed by atoms with Crippen LogP contribution in [0.3, 0.4) is 0 Å². The van der Waals surface area contributed by atoms with E-state index in [1.165, 1.54) is 0 Å². The molecule has 1 heterocycles. The second kappa shape index (κ2) is 5.60. The molecule has 1 atom stereocenters. The lowest BCUT2D eigenvalue weighted by Crippen LogP contribution is -2.17. The molecule has 18 heavy (non-hydrogen) atoms. The van der Waals surface area contributed by atoms with Gasteiger partial charge >= 0.3 is 0 Å². The first-order valence-corrected chi connectivity index (χ1v) is 5.71. The van der Waals surface area contributed by atoms with E-state index < -0.39 is 0 Å². The molecule has 1 unspecified atom stereocenters. The van der Waals surface area contributed by atoms with Crippen molar-refractivity contribution in [1.29, 1.82) is 0 Å². The summed E-state index contributed by atoms with van der Waals surface area (Å²) in [5.74, 6) is 1.56. The molecule has 0 amide bonds. The Hall–Kier alpha value is -1.94. The highest BCUT2D eigenvalue weighted by atomic mass is 16.5. The zero-order valence-electron chi connectivity index (χ0n) is 10.8. The van der Waals surface area contributed by atoms with Crippen LogP contribution in [0.15, 0.2) is 41.2 Å². The number of nitrogens with one attached hydrogen (secondary N) is 1. The lowest BCUT2D eigenvalue weighted by atomic mass is 10.0. The Bertz CT molecular complexity index is 494. The Balaban J connectivity index is 2.42. The van der Waals surface area contributed by atoms with Crippen LogP contribution in [-0.4, -0.2) is 21.3 Å². The number of hydrogen-bond donors (Lipinski definition) is 1. The van der Waals surface area contributed by atoms with E-state index in [4.69, 9.17) is 13.9 Å². The summed E-state index contributed by atoms with van der Waals surface area (Å²) in [6.07, 6.45) is 3.39. The summed E-state index contributed by atoms with van der Waals surface area (Å²) in [4.78, 5) is 0. The standard InChI is InChI=1S/C14H17NO3/c1-15-14(10-6-7-18-9-10)12-5-4-11(16-2)8-13(12)17-3/h4-9,14-15H,1-3H3. The maximum Gasteiger partial charge on any atom is 0.127 e. The molecule has 2 rings (SSSR count). The molecule has 4 nitrogen and oxygen atoms in total. The van der Waals surface area contributed by atoms with E-state index in [9.17, 15) is 0 Å². The van der Waals surface area contributed by atoms with Gasteiger partial charge in [-0.05, 0) is 25.2 Å². The predicted molar refractivity (Wildman–Crippen MR) is 69.2 cm³/mol. The van der Waals surface area contributed by atoms with Crippen LogP contribution in [0.5, 0.6) is 11.5 Å². The molecule has 0 aliphatic heterocycles. The van der Waals surface area contributed by atoms with Crippen LogP contribution >= 0.6 is 0 Å². The van der Waals surface area contributed by atoms with Crippen molar-refractivity contribution in [3.63, 3.8) is 0 Å². The van der Waals surface area contributed by atoms with Gasteiger partial charge in [0.1, 0.15) is 11.5 Å². The number of hydrogen-bond acceptors (Lipinski definition) is 4. The lowest BCUT2D eigenvalue weighted by Gasteiger charge is -2.18. The van der Waals surface area contributed by atoms with Crippen LogP contribution in [-0.2, 0) is 0 Å². The summed E-state index contributed by atoms with van der Waals surface area (Å²) in [7, 11) is 5.20. The smallest absolute Gasteiger partial charge is 0.127 e. The van der Waals surface area contributed by atoms with E-state index in [-0.39, 0.29) is 6.04 Å². The zero-order chi connectivity index (χ0) is 13.0. The van der Waals surface area contributed by atoms with Gasteiger partial charge in [-0.15, -0.1) is 0 Å². The first-order chi connectivity index (χ1) is 8.80. The summed E-state index contributed by atoms with van der Waals surface area (Å²) >= 11 is 0. The molecule has 4 heteroatoms. The van der Waals surface area contributed by atoms with Crippen molar-refractivity contribution in [3.05, 3.63) is 47.9 Å². The normalized spacial score (nSPS) is 12.2. The first kappa shape index (κ1) is 12.5. The van der Waals surface area contributed by atoms with Gasteiger partial charge in [-0.2, -0.15) is 0 Å². The molecule has 0 spiro atoms. The zero-order valence-corrected chi connectivity index (χ0v) is 10.8. The average molecular weight is 247 g/mol. The van der Waals surface area contributed by atoms with Crippen molar-refractivity contribution in [2.75, 3.05) is 21.3 Å². The van der Waals surface area contributed by atoms with Crippen molar-refractivity contribution >= 4 is 0 Å². The van der Waals surface area contributed by atoms with Crippen molar-refractivity contribution in [1.82, 2.24) is 5.32 Å². The monoisotopic (exact) mass is 247 g/mol. The van der Waals surface area contributed by atoms with Crippen molar-refractivity contribution < 1.29 is 13.9 Å². The highest BCUT2D eigenvalue weighted by Crippen LogP contribution is 2.32. The van der Waals surface area contributed by atoms with E-state index in [0.717, 1.165) is 22.6 Å². The minimum Gasteiger partial charge on any atom is -0.497 e. The van der Waals surface area contributed by atoms with E-state index in [2.05, 4.69) is 5.32 Å². The van der Waals surface area contributed by atoms with Crippen LogP contribution < -0.4 is 14.8 Å². The van der Waals surface area contributed by atoms with Crippen molar-refractivity contribution in [3.8, 4) is 11.5 Å². The molecule has 2 aromatic rings. The van der Waals surface area contributed by atoms with Gasteiger partial charge in [0.25, 0.3) is 0 Å². The third kappa shape index (κ3) is 2.33. The highest BCUT2D eigenvalue weighted by Gasteiger charge is 2.18. The number of methoxy groups -OCH3 is 2. The van der Waals surface area contributed by atoms with Gasteiger partial charge in [-0.1, -0.05) is 0 Å². The quantitative estimate of drug-likeness (QED) is 0.882. The number of benzene rings is 1. The SMILES string of the molecule is CNC(c1ccoc1)c1ccc(OC)cc1OC. The highest BCUT2D eigenvalue weighted by molar-refractivity contribution is 5.45. The Morgan fingerprint density at radius 1 is 1.17 bits per heavy atom. The molecular weight excluding hydrogens is 230 g/mol. The van der Waals surface area contributed by atoms with E-state index >= 15 is 0 Å². The summed E-state index contributed by atoms with van der Waals surface area (Å²) < 4.78 is 15.7. The topological polar surface area (TPSA) is 43.6 Å². The fourth-order valence-corrected chi connectivity index (χ4v) is 2.00. The maximum atomic E-state index is 5.42. The van der Waals surface area contributed by atoms with Crippen LogP contribution in [0.1, 0.15) is 17.2 Å². The molecule has 0 saturated heterocycles.